The van der Waals surface area contributed by atoms with E-state index in [9.17, 15) is 4.55 Å². The number of hydrogen-bond acceptors (Lipinski definition) is 1. The van der Waals surface area contributed by atoms with E-state index >= 15 is 0 Å². The predicted molar refractivity (Wildman–Crippen MR) is 71.8 cm³/mol. The standard InChI is InChI=1S/C15H16OS/c1-11-4-6-14(7-5-11)17(16)15-9-12(2)8-13(3)10-15/h4-10H,1-3H3. The van der Waals surface area contributed by atoms with Crippen molar-refractivity contribution in [1.82, 2.24) is 0 Å². The molecule has 0 bridgehead atoms. The van der Waals surface area contributed by atoms with Gasteiger partial charge in [-0.25, -0.2) is 0 Å². The molecule has 0 N–H and O–H groups in total. The van der Waals surface area contributed by atoms with Crippen LogP contribution in [-0.4, -0.2) is 4.55 Å². The monoisotopic (exact) mass is 244 g/mol. The molecule has 0 spiro atoms. The van der Waals surface area contributed by atoms with Gasteiger partial charge < -0.3 is 4.55 Å². The lowest BCUT2D eigenvalue weighted by molar-refractivity contribution is 0.595. The molecule has 2 rings (SSSR count). The van der Waals surface area contributed by atoms with Crippen molar-refractivity contribution in [3.05, 3.63) is 59.2 Å². The van der Waals surface area contributed by atoms with Crippen molar-refractivity contribution in [2.75, 3.05) is 0 Å². The van der Waals surface area contributed by atoms with Gasteiger partial charge in [-0.2, -0.15) is 0 Å². The number of benzene rings is 2. The summed E-state index contributed by atoms with van der Waals surface area (Å²) in [4.78, 5) is 1.74. The van der Waals surface area contributed by atoms with Crippen molar-refractivity contribution >= 4 is 11.2 Å². The minimum absolute atomic E-state index is 0.862. The van der Waals surface area contributed by atoms with Gasteiger partial charge in [0.2, 0.25) is 0 Å². The summed E-state index contributed by atoms with van der Waals surface area (Å²) in [6, 6.07) is 13.9. The summed E-state index contributed by atoms with van der Waals surface area (Å²) in [7, 11) is 0. The first kappa shape index (κ1) is 12.2. The summed E-state index contributed by atoms with van der Waals surface area (Å²) in [6.07, 6.45) is 0. The Balaban J connectivity index is 2.36. The molecule has 17 heavy (non-hydrogen) atoms. The van der Waals surface area contributed by atoms with Gasteiger partial charge in [0, 0.05) is 11.2 Å². The Hall–Kier alpha value is -1.25. The highest BCUT2D eigenvalue weighted by atomic mass is 32.2. The average molecular weight is 244 g/mol. The summed E-state index contributed by atoms with van der Waals surface area (Å²) in [5.74, 6) is 0. The van der Waals surface area contributed by atoms with Gasteiger partial charge in [-0.15, -0.1) is 0 Å². The minimum Gasteiger partial charge on any atom is -0.606 e. The largest absolute Gasteiger partial charge is 0.606 e. The van der Waals surface area contributed by atoms with E-state index in [0.717, 1.165) is 20.9 Å². The van der Waals surface area contributed by atoms with Crippen LogP contribution in [0.1, 0.15) is 16.7 Å². The van der Waals surface area contributed by atoms with Crippen LogP contribution in [-0.2, 0) is 11.2 Å². The lowest BCUT2D eigenvalue weighted by Gasteiger charge is -2.11. The van der Waals surface area contributed by atoms with Crippen LogP contribution in [0.4, 0.5) is 0 Å². The Bertz CT molecular complexity index is 497. The van der Waals surface area contributed by atoms with Crippen molar-refractivity contribution in [2.24, 2.45) is 0 Å². The molecule has 2 aromatic rings. The molecule has 0 amide bonds. The van der Waals surface area contributed by atoms with Gasteiger partial charge in [0.15, 0.2) is 9.79 Å². The molecule has 1 nitrogen and oxygen atoms in total. The third-order valence-corrected chi connectivity index (χ3v) is 4.01. The minimum atomic E-state index is -1.08. The van der Waals surface area contributed by atoms with E-state index in [1.807, 2.05) is 57.2 Å². The second kappa shape index (κ2) is 4.94. The quantitative estimate of drug-likeness (QED) is 0.737. The van der Waals surface area contributed by atoms with Gasteiger partial charge in [0.05, 0.1) is 0 Å². The van der Waals surface area contributed by atoms with Crippen molar-refractivity contribution in [2.45, 2.75) is 30.6 Å². The molecule has 1 unspecified atom stereocenters. The maximum atomic E-state index is 12.4. The molecule has 0 radical (unpaired) electrons. The van der Waals surface area contributed by atoms with E-state index in [0.29, 0.717) is 0 Å². The molecule has 0 aliphatic carbocycles. The Morgan fingerprint density at radius 1 is 0.706 bits per heavy atom. The number of aryl methyl sites for hydroxylation is 3. The zero-order chi connectivity index (χ0) is 12.4. The summed E-state index contributed by atoms with van der Waals surface area (Å²) < 4.78 is 12.4. The fourth-order valence-corrected chi connectivity index (χ4v) is 3.08. The van der Waals surface area contributed by atoms with E-state index in [2.05, 4.69) is 6.07 Å². The van der Waals surface area contributed by atoms with Crippen LogP contribution in [0, 0.1) is 20.8 Å². The smallest absolute Gasteiger partial charge is 0.158 e. The molecule has 0 fully saturated rings. The van der Waals surface area contributed by atoms with Crippen molar-refractivity contribution in [3.63, 3.8) is 0 Å². The van der Waals surface area contributed by atoms with Crippen LogP contribution in [0.3, 0.4) is 0 Å². The highest BCUT2D eigenvalue weighted by Gasteiger charge is 2.14. The van der Waals surface area contributed by atoms with Gasteiger partial charge in [-0.05, 0) is 56.2 Å². The zero-order valence-corrected chi connectivity index (χ0v) is 11.2. The van der Waals surface area contributed by atoms with Crippen molar-refractivity contribution < 1.29 is 4.55 Å². The lowest BCUT2D eigenvalue weighted by Crippen LogP contribution is -2.02. The number of hydrogen-bond donors (Lipinski definition) is 0. The maximum absolute atomic E-state index is 12.4. The summed E-state index contributed by atoms with van der Waals surface area (Å²) in [5.41, 5.74) is 3.49. The zero-order valence-electron chi connectivity index (χ0n) is 10.4. The molecule has 1 atom stereocenters. The third-order valence-electron chi connectivity index (χ3n) is 2.64. The fourth-order valence-electron chi connectivity index (χ4n) is 1.84. The van der Waals surface area contributed by atoms with E-state index in [4.69, 9.17) is 0 Å². The van der Waals surface area contributed by atoms with Crippen LogP contribution in [0.5, 0.6) is 0 Å². The summed E-state index contributed by atoms with van der Waals surface area (Å²) in [5, 5.41) is 0. The highest BCUT2D eigenvalue weighted by Crippen LogP contribution is 2.23. The predicted octanol–water partition coefficient (Wildman–Crippen LogP) is 3.78. The normalized spacial score (nSPS) is 12.5. The number of rotatable bonds is 2. The third kappa shape index (κ3) is 2.90. The average Bonchev–Trinajstić information content (AvgIpc) is 2.28. The van der Waals surface area contributed by atoms with Crippen LogP contribution in [0.2, 0.25) is 0 Å². The first-order valence-electron chi connectivity index (χ1n) is 5.63. The molecule has 0 aromatic heterocycles. The molecule has 0 saturated carbocycles. The molecular formula is C15H16OS. The van der Waals surface area contributed by atoms with E-state index in [-0.39, 0.29) is 0 Å². The Morgan fingerprint density at radius 2 is 1.24 bits per heavy atom. The van der Waals surface area contributed by atoms with Gasteiger partial charge in [-0.1, -0.05) is 23.8 Å². The van der Waals surface area contributed by atoms with E-state index in [1.165, 1.54) is 5.56 Å². The molecule has 0 saturated heterocycles. The van der Waals surface area contributed by atoms with Gasteiger partial charge in [0.1, 0.15) is 0 Å². The van der Waals surface area contributed by atoms with E-state index in [1.54, 1.807) is 0 Å². The van der Waals surface area contributed by atoms with Crippen molar-refractivity contribution in [3.8, 4) is 0 Å². The molecule has 88 valence electrons. The lowest BCUT2D eigenvalue weighted by atomic mass is 10.2. The Morgan fingerprint density at radius 3 is 1.76 bits per heavy atom. The first-order chi connectivity index (χ1) is 8.06. The van der Waals surface area contributed by atoms with Gasteiger partial charge in [-0.3, -0.25) is 0 Å². The molecule has 2 aromatic carbocycles. The molecule has 0 aliphatic rings. The highest BCUT2D eigenvalue weighted by molar-refractivity contribution is 7.91. The maximum Gasteiger partial charge on any atom is 0.158 e. The van der Waals surface area contributed by atoms with Crippen LogP contribution >= 0.6 is 0 Å². The summed E-state index contributed by atoms with van der Waals surface area (Å²) in [6.45, 7) is 6.09. The SMILES string of the molecule is Cc1ccc([S+]([O-])c2cc(C)cc(C)c2)cc1. The Labute approximate surface area is 106 Å². The Kier molecular flexibility index (Phi) is 3.55. The van der Waals surface area contributed by atoms with Crippen LogP contribution in [0.15, 0.2) is 52.3 Å². The van der Waals surface area contributed by atoms with E-state index < -0.39 is 11.2 Å². The molecule has 0 heterocycles. The van der Waals surface area contributed by atoms with Gasteiger partial charge >= 0.3 is 0 Å². The first-order valence-corrected chi connectivity index (χ1v) is 6.78. The second-order valence-corrected chi connectivity index (χ2v) is 5.89. The summed E-state index contributed by atoms with van der Waals surface area (Å²) >= 11 is -1.08. The molecule has 0 aliphatic heterocycles. The van der Waals surface area contributed by atoms with Gasteiger partial charge in [0.25, 0.3) is 0 Å². The fraction of sp³-hybridized carbons (Fsp3) is 0.200. The van der Waals surface area contributed by atoms with Crippen LogP contribution in [0.25, 0.3) is 0 Å². The second-order valence-electron chi connectivity index (χ2n) is 4.41. The topological polar surface area (TPSA) is 23.1 Å². The molecular weight excluding hydrogens is 228 g/mol. The van der Waals surface area contributed by atoms with Crippen molar-refractivity contribution in [1.29, 1.82) is 0 Å². The molecule has 2 heteroatoms. The van der Waals surface area contributed by atoms with Crippen LogP contribution < -0.4 is 0 Å².